The standard InChI is InChI=1S/C15H15F3N2O2.C2H6/c1-4-22-14(21)12-9(2)20(3)13(19-12)10-5-7-11(8-6-10)15(16,17)18;1-2/h5-8H,4H2,1-3H3;1-2H3. The van der Waals surface area contributed by atoms with E-state index >= 15 is 0 Å². The fourth-order valence-corrected chi connectivity index (χ4v) is 2.04. The predicted octanol–water partition coefficient (Wildman–Crippen LogP) is 4.62. The van der Waals surface area contributed by atoms with Gasteiger partial charge in [0.1, 0.15) is 5.82 Å². The minimum atomic E-state index is -4.38. The molecule has 0 aliphatic heterocycles. The summed E-state index contributed by atoms with van der Waals surface area (Å²) in [5, 5.41) is 0. The fourth-order valence-electron chi connectivity index (χ4n) is 2.04. The molecule has 0 N–H and O–H groups in total. The summed E-state index contributed by atoms with van der Waals surface area (Å²) in [6.07, 6.45) is -4.38. The molecule has 132 valence electrons. The Morgan fingerprint density at radius 1 is 1.21 bits per heavy atom. The average molecular weight is 342 g/mol. The second-order valence-electron chi connectivity index (χ2n) is 4.72. The van der Waals surface area contributed by atoms with E-state index in [1.807, 2.05) is 13.8 Å². The van der Waals surface area contributed by atoms with E-state index in [4.69, 9.17) is 4.74 Å². The van der Waals surface area contributed by atoms with Crippen LogP contribution in [0.4, 0.5) is 13.2 Å². The van der Waals surface area contributed by atoms with Crippen LogP contribution >= 0.6 is 0 Å². The third-order valence-corrected chi connectivity index (χ3v) is 3.32. The zero-order valence-corrected chi connectivity index (χ0v) is 14.4. The lowest BCUT2D eigenvalue weighted by molar-refractivity contribution is -0.137. The molecule has 0 saturated heterocycles. The molecule has 24 heavy (non-hydrogen) atoms. The van der Waals surface area contributed by atoms with E-state index in [1.165, 1.54) is 12.1 Å². The maximum atomic E-state index is 12.6. The number of esters is 1. The number of carbonyl (C=O) groups excluding carboxylic acids is 1. The van der Waals surface area contributed by atoms with Gasteiger partial charge < -0.3 is 9.30 Å². The van der Waals surface area contributed by atoms with Crippen molar-refractivity contribution in [2.45, 2.75) is 33.9 Å². The Balaban J connectivity index is 0.00000139. The first-order valence-corrected chi connectivity index (χ1v) is 7.63. The first-order chi connectivity index (χ1) is 11.3. The third kappa shape index (κ3) is 4.15. The smallest absolute Gasteiger partial charge is 0.416 e. The van der Waals surface area contributed by atoms with Gasteiger partial charge in [0.25, 0.3) is 0 Å². The van der Waals surface area contributed by atoms with Gasteiger partial charge in [-0.1, -0.05) is 26.0 Å². The molecule has 0 atom stereocenters. The summed E-state index contributed by atoms with van der Waals surface area (Å²) < 4.78 is 44.3. The zero-order chi connectivity index (χ0) is 18.5. The molecular weight excluding hydrogens is 321 g/mol. The number of aromatic nitrogens is 2. The zero-order valence-electron chi connectivity index (χ0n) is 14.4. The predicted molar refractivity (Wildman–Crippen MR) is 85.7 cm³/mol. The van der Waals surface area contributed by atoms with Crippen molar-refractivity contribution in [2.24, 2.45) is 7.05 Å². The van der Waals surface area contributed by atoms with Crippen LogP contribution < -0.4 is 0 Å². The lowest BCUT2D eigenvalue weighted by Crippen LogP contribution is -2.07. The number of imidazole rings is 1. The molecule has 1 aromatic heterocycles. The van der Waals surface area contributed by atoms with E-state index in [0.29, 0.717) is 17.1 Å². The van der Waals surface area contributed by atoms with Crippen LogP contribution in [0.15, 0.2) is 24.3 Å². The van der Waals surface area contributed by atoms with Gasteiger partial charge in [0.15, 0.2) is 5.69 Å². The van der Waals surface area contributed by atoms with E-state index in [0.717, 1.165) is 12.1 Å². The summed E-state index contributed by atoms with van der Waals surface area (Å²) in [5.74, 6) is -0.136. The topological polar surface area (TPSA) is 44.1 Å². The van der Waals surface area contributed by atoms with Crippen molar-refractivity contribution >= 4 is 5.97 Å². The summed E-state index contributed by atoms with van der Waals surface area (Å²) >= 11 is 0. The summed E-state index contributed by atoms with van der Waals surface area (Å²) in [5.41, 5.74) is 0.523. The maximum absolute atomic E-state index is 12.6. The van der Waals surface area contributed by atoms with Gasteiger partial charge in [-0.05, 0) is 26.0 Å². The van der Waals surface area contributed by atoms with Crippen LogP contribution in [0.5, 0.6) is 0 Å². The van der Waals surface area contributed by atoms with E-state index in [2.05, 4.69) is 4.98 Å². The van der Waals surface area contributed by atoms with Crippen molar-refractivity contribution in [3.63, 3.8) is 0 Å². The molecule has 0 radical (unpaired) electrons. The molecule has 0 saturated carbocycles. The van der Waals surface area contributed by atoms with Crippen LogP contribution in [-0.2, 0) is 18.0 Å². The molecule has 0 aliphatic carbocycles. The molecular formula is C17H21F3N2O2. The molecule has 0 unspecified atom stereocenters. The lowest BCUT2D eigenvalue weighted by Gasteiger charge is -2.07. The highest BCUT2D eigenvalue weighted by Crippen LogP contribution is 2.31. The summed E-state index contributed by atoms with van der Waals surface area (Å²) in [6, 6.07) is 4.64. The van der Waals surface area contributed by atoms with Crippen LogP contribution in [0, 0.1) is 6.92 Å². The highest BCUT2D eigenvalue weighted by atomic mass is 19.4. The van der Waals surface area contributed by atoms with Crippen molar-refractivity contribution in [3.8, 4) is 11.4 Å². The number of hydrogen-bond donors (Lipinski definition) is 0. The van der Waals surface area contributed by atoms with Crippen LogP contribution in [0.2, 0.25) is 0 Å². The van der Waals surface area contributed by atoms with Gasteiger partial charge in [-0.15, -0.1) is 0 Å². The summed E-state index contributed by atoms with van der Waals surface area (Å²) in [4.78, 5) is 16.0. The summed E-state index contributed by atoms with van der Waals surface area (Å²) in [7, 11) is 1.69. The van der Waals surface area contributed by atoms with Crippen LogP contribution in [0.1, 0.15) is 42.5 Å². The largest absolute Gasteiger partial charge is 0.461 e. The first kappa shape index (κ1) is 19.7. The van der Waals surface area contributed by atoms with Crippen molar-refractivity contribution < 1.29 is 22.7 Å². The normalized spacial score (nSPS) is 10.8. The highest BCUT2D eigenvalue weighted by molar-refractivity contribution is 5.89. The SMILES string of the molecule is CC.CCOC(=O)c1nc(-c2ccc(C(F)(F)F)cc2)n(C)c1C. The minimum absolute atomic E-state index is 0.166. The lowest BCUT2D eigenvalue weighted by atomic mass is 10.1. The Morgan fingerprint density at radius 3 is 2.21 bits per heavy atom. The van der Waals surface area contributed by atoms with Crippen LogP contribution in [0.25, 0.3) is 11.4 Å². The molecule has 4 nitrogen and oxygen atoms in total. The number of halogens is 3. The Hall–Kier alpha value is -2.31. The van der Waals surface area contributed by atoms with E-state index < -0.39 is 17.7 Å². The number of hydrogen-bond acceptors (Lipinski definition) is 3. The molecule has 2 rings (SSSR count). The first-order valence-electron chi connectivity index (χ1n) is 7.63. The number of alkyl halides is 3. The van der Waals surface area contributed by atoms with E-state index in [-0.39, 0.29) is 12.3 Å². The number of benzene rings is 1. The molecule has 2 aromatic rings. The van der Waals surface area contributed by atoms with Crippen LogP contribution in [-0.4, -0.2) is 22.1 Å². The monoisotopic (exact) mass is 342 g/mol. The molecule has 0 amide bonds. The van der Waals surface area contributed by atoms with Gasteiger partial charge in [0.05, 0.1) is 12.2 Å². The fraction of sp³-hybridized carbons (Fsp3) is 0.412. The second-order valence-corrected chi connectivity index (χ2v) is 4.72. The van der Waals surface area contributed by atoms with Gasteiger partial charge in [0.2, 0.25) is 0 Å². The van der Waals surface area contributed by atoms with Gasteiger partial charge in [0, 0.05) is 18.3 Å². The van der Waals surface area contributed by atoms with Crippen molar-refractivity contribution in [3.05, 3.63) is 41.2 Å². The Morgan fingerprint density at radius 2 is 1.75 bits per heavy atom. The number of nitrogens with zero attached hydrogens (tertiary/aromatic N) is 2. The Bertz CT molecular complexity index is 689. The number of ether oxygens (including phenoxy) is 1. The summed E-state index contributed by atoms with van der Waals surface area (Å²) in [6.45, 7) is 7.62. The molecule has 0 aliphatic rings. The quantitative estimate of drug-likeness (QED) is 0.765. The Labute approximate surface area is 139 Å². The molecule has 0 spiro atoms. The Kier molecular flexibility index (Phi) is 6.57. The van der Waals surface area contributed by atoms with Crippen molar-refractivity contribution in [1.82, 2.24) is 9.55 Å². The van der Waals surface area contributed by atoms with Gasteiger partial charge in [-0.2, -0.15) is 13.2 Å². The molecule has 0 bridgehead atoms. The van der Waals surface area contributed by atoms with Gasteiger partial charge in [-0.3, -0.25) is 0 Å². The number of carbonyl (C=O) groups is 1. The highest BCUT2D eigenvalue weighted by Gasteiger charge is 2.30. The molecule has 1 heterocycles. The molecule has 1 aromatic carbocycles. The number of rotatable bonds is 3. The van der Waals surface area contributed by atoms with Gasteiger partial charge >= 0.3 is 12.1 Å². The van der Waals surface area contributed by atoms with Gasteiger partial charge in [-0.25, -0.2) is 9.78 Å². The third-order valence-electron chi connectivity index (χ3n) is 3.32. The van der Waals surface area contributed by atoms with Crippen molar-refractivity contribution in [2.75, 3.05) is 6.61 Å². The second kappa shape index (κ2) is 7.99. The average Bonchev–Trinajstić information content (AvgIpc) is 2.85. The molecule has 0 fully saturated rings. The van der Waals surface area contributed by atoms with Crippen LogP contribution in [0.3, 0.4) is 0 Å². The minimum Gasteiger partial charge on any atom is -0.461 e. The molecule has 7 heteroatoms. The maximum Gasteiger partial charge on any atom is 0.416 e. The van der Waals surface area contributed by atoms with Crippen molar-refractivity contribution in [1.29, 1.82) is 0 Å². The van der Waals surface area contributed by atoms with E-state index in [9.17, 15) is 18.0 Å². The van der Waals surface area contributed by atoms with E-state index in [1.54, 1.807) is 25.5 Å².